The fourth-order valence-corrected chi connectivity index (χ4v) is 3.46. The Hall–Kier alpha value is -1.30. The van der Waals surface area contributed by atoms with Crippen LogP contribution in [-0.2, 0) is 0 Å². The lowest BCUT2D eigenvalue weighted by molar-refractivity contribution is 0.0386. The predicted octanol–water partition coefficient (Wildman–Crippen LogP) is 4.22. The third-order valence-electron chi connectivity index (χ3n) is 4.55. The minimum atomic E-state index is -0.953. The molecular formula is C16H23BrN2O3. The van der Waals surface area contributed by atoms with E-state index in [1.165, 1.54) is 0 Å². The number of nitrogens with one attached hydrogen (secondary N) is 1. The number of nitrogens with zero attached hydrogens (tertiary/aromatic N) is 1. The number of hydrogen-bond donors (Lipinski definition) is 2. The number of aromatic nitrogens is 1. The average Bonchev–Trinajstić information content (AvgIpc) is 2.39. The molecule has 0 saturated heterocycles. The quantitative estimate of drug-likeness (QED) is 0.835. The Labute approximate surface area is 139 Å². The lowest BCUT2D eigenvalue weighted by Gasteiger charge is -2.48. The van der Waals surface area contributed by atoms with Gasteiger partial charge < -0.3 is 15.2 Å². The van der Waals surface area contributed by atoms with Crippen LogP contribution in [0.25, 0.3) is 0 Å². The summed E-state index contributed by atoms with van der Waals surface area (Å²) < 4.78 is 6.87. The SMILES string of the molecule is CC(C)(C)C1(NC(=O)O)CCC(Oc2cncc(Br)c2)CC1. The van der Waals surface area contributed by atoms with Gasteiger partial charge in [-0.15, -0.1) is 0 Å². The van der Waals surface area contributed by atoms with Crippen LogP contribution in [0.5, 0.6) is 5.75 Å². The Morgan fingerprint density at radius 1 is 1.41 bits per heavy atom. The largest absolute Gasteiger partial charge is 0.489 e. The first-order valence-electron chi connectivity index (χ1n) is 7.50. The maximum atomic E-state index is 11.2. The van der Waals surface area contributed by atoms with Gasteiger partial charge in [0.25, 0.3) is 0 Å². The molecule has 1 fully saturated rings. The molecule has 5 nitrogen and oxygen atoms in total. The van der Waals surface area contributed by atoms with Gasteiger partial charge in [-0.3, -0.25) is 4.98 Å². The lowest BCUT2D eigenvalue weighted by Crippen LogP contribution is -2.59. The zero-order valence-electron chi connectivity index (χ0n) is 13.2. The van der Waals surface area contributed by atoms with Gasteiger partial charge in [0.15, 0.2) is 0 Å². The molecule has 2 N–H and O–H groups in total. The monoisotopic (exact) mass is 370 g/mol. The molecule has 6 heteroatoms. The molecule has 0 unspecified atom stereocenters. The summed E-state index contributed by atoms with van der Waals surface area (Å²) in [7, 11) is 0. The molecule has 1 aliphatic carbocycles. The van der Waals surface area contributed by atoms with Crippen LogP contribution >= 0.6 is 15.9 Å². The molecule has 22 heavy (non-hydrogen) atoms. The minimum absolute atomic E-state index is 0.0992. The normalized spacial score (nSPS) is 25.5. The summed E-state index contributed by atoms with van der Waals surface area (Å²) >= 11 is 3.38. The first-order chi connectivity index (χ1) is 10.2. The molecule has 0 atom stereocenters. The third kappa shape index (κ3) is 3.91. The average molecular weight is 371 g/mol. The lowest BCUT2D eigenvalue weighted by atomic mass is 9.65. The molecule has 1 aromatic heterocycles. The van der Waals surface area contributed by atoms with Gasteiger partial charge in [-0.1, -0.05) is 20.8 Å². The highest BCUT2D eigenvalue weighted by Crippen LogP contribution is 2.42. The third-order valence-corrected chi connectivity index (χ3v) is 4.98. The van der Waals surface area contributed by atoms with Crippen molar-refractivity contribution in [2.75, 3.05) is 0 Å². The van der Waals surface area contributed by atoms with E-state index < -0.39 is 11.6 Å². The first-order valence-corrected chi connectivity index (χ1v) is 8.29. The summed E-state index contributed by atoms with van der Waals surface area (Å²) in [6.07, 6.45) is 5.76. The Morgan fingerprint density at radius 2 is 2.05 bits per heavy atom. The summed E-state index contributed by atoms with van der Waals surface area (Å²) in [6, 6.07) is 1.90. The van der Waals surface area contributed by atoms with E-state index in [4.69, 9.17) is 4.74 Å². The predicted molar refractivity (Wildman–Crippen MR) is 88.2 cm³/mol. The number of halogens is 1. The van der Waals surface area contributed by atoms with E-state index in [1.54, 1.807) is 12.4 Å². The summed E-state index contributed by atoms with van der Waals surface area (Å²) in [5.41, 5.74) is -0.526. The van der Waals surface area contributed by atoms with Gasteiger partial charge in [0.1, 0.15) is 5.75 Å². The van der Waals surface area contributed by atoms with Crippen molar-refractivity contribution >= 4 is 22.0 Å². The van der Waals surface area contributed by atoms with Gasteiger partial charge in [0, 0.05) is 16.2 Å². The van der Waals surface area contributed by atoms with Crippen molar-refractivity contribution in [2.24, 2.45) is 5.41 Å². The minimum Gasteiger partial charge on any atom is -0.489 e. The second-order valence-electron chi connectivity index (χ2n) is 6.92. The number of pyridine rings is 1. The highest BCUT2D eigenvalue weighted by molar-refractivity contribution is 9.10. The number of carboxylic acid groups (broad SMARTS) is 1. The fraction of sp³-hybridized carbons (Fsp3) is 0.625. The zero-order valence-corrected chi connectivity index (χ0v) is 14.8. The van der Waals surface area contributed by atoms with Crippen LogP contribution in [0.3, 0.4) is 0 Å². The van der Waals surface area contributed by atoms with Gasteiger partial charge >= 0.3 is 6.09 Å². The fourth-order valence-electron chi connectivity index (χ4n) is 3.12. The first kappa shape index (κ1) is 17.1. The van der Waals surface area contributed by atoms with Gasteiger partial charge in [-0.05, 0) is 53.1 Å². The summed E-state index contributed by atoms with van der Waals surface area (Å²) in [4.78, 5) is 15.3. The Kier molecular flexibility index (Phi) is 5.00. The second kappa shape index (κ2) is 6.44. The van der Waals surface area contributed by atoms with E-state index in [-0.39, 0.29) is 11.5 Å². The van der Waals surface area contributed by atoms with Crippen molar-refractivity contribution in [1.29, 1.82) is 0 Å². The Bertz CT molecular complexity index is 534. The standard InChI is InChI=1S/C16H23BrN2O3/c1-15(2,3)16(19-14(20)21)6-4-12(5-7-16)22-13-8-11(17)9-18-10-13/h8-10,12,19H,4-7H2,1-3H3,(H,20,21). The molecule has 0 spiro atoms. The Morgan fingerprint density at radius 3 is 2.55 bits per heavy atom. The molecule has 1 aromatic rings. The van der Waals surface area contributed by atoms with E-state index >= 15 is 0 Å². The van der Waals surface area contributed by atoms with Crippen LogP contribution in [-0.4, -0.2) is 27.8 Å². The van der Waals surface area contributed by atoms with E-state index in [9.17, 15) is 9.90 Å². The van der Waals surface area contributed by atoms with Crippen molar-refractivity contribution in [3.8, 4) is 5.75 Å². The van der Waals surface area contributed by atoms with Crippen LogP contribution in [0.1, 0.15) is 46.5 Å². The maximum absolute atomic E-state index is 11.2. The molecule has 1 saturated carbocycles. The van der Waals surface area contributed by atoms with Crippen LogP contribution in [0, 0.1) is 5.41 Å². The molecule has 1 amide bonds. The summed E-state index contributed by atoms with van der Waals surface area (Å²) in [5, 5.41) is 11.9. The van der Waals surface area contributed by atoms with Crippen molar-refractivity contribution < 1.29 is 14.6 Å². The maximum Gasteiger partial charge on any atom is 0.405 e. The van der Waals surface area contributed by atoms with Crippen LogP contribution in [0.4, 0.5) is 4.79 Å². The van der Waals surface area contributed by atoms with Crippen LogP contribution in [0.15, 0.2) is 22.9 Å². The molecule has 0 aromatic carbocycles. The van der Waals surface area contributed by atoms with E-state index in [0.717, 1.165) is 35.9 Å². The number of carbonyl (C=O) groups is 1. The number of rotatable bonds is 3. The van der Waals surface area contributed by atoms with Gasteiger partial charge in [0.05, 0.1) is 12.3 Å². The van der Waals surface area contributed by atoms with E-state index in [0.29, 0.717) is 0 Å². The molecule has 2 rings (SSSR count). The molecule has 0 radical (unpaired) electrons. The number of amides is 1. The van der Waals surface area contributed by atoms with Crippen molar-refractivity contribution in [2.45, 2.75) is 58.1 Å². The van der Waals surface area contributed by atoms with Crippen molar-refractivity contribution in [3.05, 3.63) is 22.9 Å². The van der Waals surface area contributed by atoms with Gasteiger partial charge in [0.2, 0.25) is 0 Å². The number of hydrogen-bond acceptors (Lipinski definition) is 3. The molecular weight excluding hydrogens is 348 g/mol. The van der Waals surface area contributed by atoms with Crippen molar-refractivity contribution in [1.82, 2.24) is 10.3 Å². The topological polar surface area (TPSA) is 71.5 Å². The van der Waals surface area contributed by atoms with Crippen molar-refractivity contribution in [3.63, 3.8) is 0 Å². The Balaban J connectivity index is 2.02. The number of ether oxygens (including phenoxy) is 1. The second-order valence-corrected chi connectivity index (χ2v) is 7.83. The summed E-state index contributed by atoms with van der Waals surface area (Å²) in [5.74, 6) is 0.744. The van der Waals surface area contributed by atoms with Gasteiger partial charge in [-0.2, -0.15) is 0 Å². The summed E-state index contributed by atoms with van der Waals surface area (Å²) in [6.45, 7) is 6.26. The van der Waals surface area contributed by atoms with Gasteiger partial charge in [-0.25, -0.2) is 4.79 Å². The highest BCUT2D eigenvalue weighted by atomic mass is 79.9. The smallest absolute Gasteiger partial charge is 0.405 e. The van der Waals surface area contributed by atoms with Crippen LogP contribution < -0.4 is 10.1 Å². The molecule has 0 bridgehead atoms. The molecule has 122 valence electrons. The molecule has 0 aliphatic heterocycles. The van der Waals surface area contributed by atoms with E-state index in [2.05, 4.69) is 47.0 Å². The molecule has 1 aliphatic rings. The van der Waals surface area contributed by atoms with Crippen LogP contribution in [0.2, 0.25) is 0 Å². The molecule has 1 heterocycles. The highest BCUT2D eigenvalue weighted by Gasteiger charge is 2.46. The zero-order chi connectivity index (χ0) is 16.4. The van der Waals surface area contributed by atoms with E-state index in [1.807, 2.05) is 6.07 Å².